The number of aromatic nitrogens is 1. The maximum atomic E-state index is 6.02. The predicted molar refractivity (Wildman–Crippen MR) is 81.7 cm³/mol. The van der Waals surface area contributed by atoms with Gasteiger partial charge in [-0.25, -0.2) is 10.8 Å². The second-order valence-corrected chi connectivity index (χ2v) is 5.70. The van der Waals surface area contributed by atoms with E-state index in [0.717, 1.165) is 22.9 Å². The molecule has 0 aliphatic carbocycles. The summed E-state index contributed by atoms with van der Waals surface area (Å²) in [6, 6.07) is 11.9. The third kappa shape index (κ3) is 2.56. The maximum Gasteiger partial charge on any atom is 0.144 e. The Labute approximate surface area is 120 Å². The van der Waals surface area contributed by atoms with Crippen LogP contribution in [-0.4, -0.2) is 4.98 Å². The van der Waals surface area contributed by atoms with Crippen LogP contribution in [0.1, 0.15) is 10.4 Å². The van der Waals surface area contributed by atoms with Crippen molar-refractivity contribution >= 4 is 39.7 Å². The first-order chi connectivity index (χ1) is 9.26. The Morgan fingerprint density at radius 2 is 2.16 bits per heavy atom. The van der Waals surface area contributed by atoms with Crippen LogP contribution in [-0.2, 0) is 6.42 Å². The highest BCUT2D eigenvalue weighted by atomic mass is 35.5. The fraction of sp³-hybridized carbons (Fsp3) is 0.0714. The monoisotopic (exact) mass is 289 g/mol. The summed E-state index contributed by atoms with van der Waals surface area (Å²) in [5.74, 6) is 6.28. The van der Waals surface area contributed by atoms with E-state index >= 15 is 0 Å². The molecule has 0 spiro atoms. The molecule has 0 saturated heterocycles. The van der Waals surface area contributed by atoms with Crippen LogP contribution in [0, 0.1) is 0 Å². The number of benzene rings is 1. The molecule has 0 aliphatic heterocycles. The molecule has 0 unspecified atom stereocenters. The number of nitrogens with two attached hydrogens (primary N) is 1. The van der Waals surface area contributed by atoms with Crippen LogP contribution in [0.4, 0.5) is 5.82 Å². The van der Waals surface area contributed by atoms with Gasteiger partial charge in [0.1, 0.15) is 5.82 Å². The predicted octanol–water partition coefficient (Wildman–Crippen LogP) is 3.83. The number of halogens is 1. The van der Waals surface area contributed by atoms with Crippen molar-refractivity contribution in [1.82, 2.24) is 4.98 Å². The smallest absolute Gasteiger partial charge is 0.144 e. The van der Waals surface area contributed by atoms with E-state index in [0.29, 0.717) is 10.8 Å². The quantitative estimate of drug-likeness (QED) is 0.569. The van der Waals surface area contributed by atoms with Gasteiger partial charge in [0.15, 0.2) is 0 Å². The number of hydrogen-bond donors (Lipinski definition) is 2. The molecule has 0 amide bonds. The first-order valence-electron chi connectivity index (χ1n) is 5.84. The molecule has 2 aromatic heterocycles. The molecule has 19 heavy (non-hydrogen) atoms. The number of pyridine rings is 1. The lowest BCUT2D eigenvalue weighted by molar-refractivity contribution is 1.16. The van der Waals surface area contributed by atoms with Crippen LogP contribution in [0.25, 0.3) is 10.9 Å². The molecule has 0 bridgehead atoms. The Kier molecular flexibility index (Phi) is 3.38. The van der Waals surface area contributed by atoms with E-state index in [1.807, 2.05) is 24.3 Å². The zero-order valence-corrected chi connectivity index (χ0v) is 11.6. The van der Waals surface area contributed by atoms with E-state index in [9.17, 15) is 0 Å². The van der Waals surface area contributed by atoms with Gasteiger partial charge in [-0.2, -0.15) is 0 Å². The lowest BCUT2D eigenvalue weighted by Gasteiger charge is -2.09. The van der Waals surface area contributed by atoms with Crippen LogP contribution in [0.5, 0.6) is 0 Å². The highest BCUT2D eigenvalue weighted by molar-refractivity contribution is 7.09. The Balaban J connectivity index is 2.10. The van der Waals surface area contributed by atoms with E-state index in [1.54, 1.807) is 11.3 Å². The Hall–Kier alpha value is -1.62. The molecular formula is C14H12ClN3S. The average molecular weight is 290 g/mol. The molecule has 0 fully saturated rings. The summed E-state index contributed by atoms with van der Waals surface area (Å²) < 4.78 is 0. The van der Waals surface area contributed by atoms with Gasteiger partial charge in [-0.1, -0.05) is 17.7 Å². The molecule has 3 rings (SSSR count). The standard InChI is InChI=1S/C14H12ClN3S/c15-11-3-4-13-9(7-11)6-10(14(17-13)18-16)8-12-2-1-5-19-12/h1-7H,8,16H2,(H,17,18). The number of thiophene rings is 1. The van der Waals surface area contributed by atoms with Crippen LogP contribution in [0.2, 0.25) is 5.02 Å². The molecule has 0 atom stereocenters. The minimum Gasteiger partial charge on any atom is -0.308 e. The van der Waals surface area contributed by atoms with Crippen molar-refractivity contribution in [2.24, 2.45) is 5.84 Å². The molecule has 96 valence electrons. The molecule has 3 aromatic rings. The number of nitrogens with zero attached hydrogens (tertiary/aromatic N) is 1. The fourth-order valence-electron chi connectivity index (χ4n) is 2.05. The Bertz CT molecular complexity index is 710. The summed E-state index contributed by atoms with van der Waals surface area (Å²) >= 11 is 7.74. The van der Waals surface area contributed by atoms with E-state index in [1.165, 1.54) is 4.88 Å². The second kappa shape index (κ2) is 5.17. The zero-order chi connectivity index (χ0) is 13.2. The van der Waals surface area contributed by atoms with Crippen molar-refractivity contribution in [2.75, 3.05) is 5.43 Å². The summed E-state index contributed by atoms with van der Waals surface area (Å²) in [6.07, 6.45) is 0.812. The minimum atomic E-state index is 0.711. The number of nitrogen functional groups attached to an aromatic ring is 1. The van der Waals surface area contributed by atoms with Gasteiger partial charge in [-0.05, 0) is 35.7 Å². The number of hydrogen-bond acceptors (Lipinski definition) is 4. The van der Waals surface area contributed by atoms with Crippen LogP contribution >= 0.6 is 22.9 Å². The van der Waals surface area contributed by atoms with Crippen molar-refractivity contribution < 1.29 is 0 Å². The second-order valence-electron chi connectivity index (χ2n) is 4.23. The van der Waals surface area contributed by atoms with Gasteiger partial charge in [0.25, 0.3) is 0 Å². The van der Waals surface area contributed by atoms with Crippen LogP contribution in [0.3, 0.4) is 0 Å². The molecule has 3 N–H and O–H groups in total. The highest BCUT2D eigenvalue weighted by Crippen LogP contribution is 2.25. The largest absolute Gasteiger partial charge is 0.308 e. The van der Waals surface area contributed by atoms with Gasteiger partial charge in [0, 0.05) is 27.3 Å². The number of nitrogens with one attached hydrogen (secondary N) is 1. The molecule has 1 aromatic carbocycles. The molecule has 5 heteroatoms. The fourth-order valence-corrected chi connectivity index (χ4v) is 2.96. The van der Waals surface area contributed by atoms with Gasteiger partial charge >= 0.3 is 0 Å². The number of anilines is 1. The molecule has 3 nitrogen and oxygen atoms in total. The van der Waals surface area contributed by atoms with Crippen LogP contribution < -0.4 is 11.3 Å². The van der Waals surface area contributed by atoms with Gasteiger partial charge in [0.05, 0.1) is 5.52 Å². The van der Waals surface area contributed by atoms with Crippen molar-refractivity contribution in [1.29, 1.82) is 0 Å². The lowest BCUT2D eigenvalue weighted by Crippen LogP contribution is -2.11. The molecule has 0 aliphatic rings. The lowest BCUT2D eigenvalue weighted by atomic mass is 10.1. The average Bonchev–Trinajstić information content (AvgIpc) is 2.91. The topological polar surface area (TPSA) is 50.9 Å². The Morgan fingerprint density at radius 3 is 2.89 bits per heavy atom. The van der Waals surface area contributed by atoms with E-state index < -0.39 is 0 Å². The van der Waals surface area contributed by atoms with Crippen molar-refractivity contribution in [3.63, 3.8) is 0 Å². The molecule has 0 radical (unpaired) electrons. The summed E-state index contributed by atoms with van der Waals surface area (Å²) in [5, 5.41) is 3.80. The van der Waals surface area contributed by atoms with E-state index in [2.05, 4.69) is 27.9 Å². The van der Waals surface area contributed by atoms with Crippen LogP contribution in [0.15, 0.2) is 41.8 Å². The van der Waals surface area contributed by atoms with Crippen molar-refractivity contribution in [2.45, 2.75) is 6.42 Å². The zero-order valence-electron chi connectivity index (χ0n) is 10.1. The van der Waals surface area contributed by atoms with Gasteiger partial charge in [-0.15, -0.1) is 11.3 Å². The number of fused-ring (bicyclic) bond motifs is 1. The molecule has 0 saturated carbocycles. The number of hydrazine groups is 1. The summed E-state index contributed by atoms with van der Waals surface area (Å²) in [7, 11) is 0. The number of rotatable bonds is 3. The molecular weight excluding hydrogens is 278 g/mol. The Morgan fingerprint density at radius 1 is 1.26 bits per heavy atom. The maximum absolute atomic E-state index is 6.02. The van der Waals surface area contributed by atoms with E-state index in [4.69, 9.17) is 17.4 Å². The SMILES string of the molecule is NNc1nc2ccc(Cl)cc2cc1Cc1cccs1. The third-order valence-corrected chi connectivity index (χ3v) is 4.05. The van der Waals surface area contributed by atoms with Gasteiger partial charge in [-0.3, -0.25) is 0 Å². The van der Waals surface area contributed by atoms with Gasteiger partial charge < -0.3 is 5.43 Å². The first kappa shape index (κ1) is 12.4. The first-order valence-corrected chi connectivity index (χ1v) is 7.10. The summed E-state index contributed by atoms with van der Waals surface area (Å²) in [6.45, 7) is 0. The van der Waals surface area contributed by atoms with Gasteiger partial charge in [0.2, 0.25) is 0 Å². The van der Waals surface area contributed by atoms with E-state index in [-0.39, 0.29) is 0 Å². The summed E-state index contributed by atoms with van der Waals surface area (Å²) in [4.78, 5) is 5.80. The normalized spacial score (nSPS) is 10.8. The van der Waals surface area contributed by atoms with Crippen molar-refractivity contribution in [3.05, 3.63) is 57.2 Å². The third-order valence-electron chi connectivity index (χ3n) is 2.94. The van der Waals surface area contributed by atoms with Crippen molar-refractivity contribution in [3.8, 4) is 0 Å². The molecule has 2 heterocycles. The minimum absolute atomic E-state index is 0.711. The summed E-state index contributed by atoms with van der Waals surface area (Å²) in [5.41, 5.74) is 4.63. The highest BCUT2D eigenvalue weighted by Gasteiger charge is 2.08.